The Hall–Kier alpha value is -1.30. The van der Waals surface area contributed by atoms with Crippen LogP contribution in [0.3, 0.4) is 0 Å². The molecule has 0 aliphatic carbocycles. The molecule has 0 aromatic rings. The van der Waals surface area contributed by atoms with E-state index in [1.165, 1.54) is 4.90 Å². The number of hydrogen-bond acceptors (Lipinski definition) is 3. The van der Waals surface area contributed by atoms with Crippen LogP contribution in [-0.4, -0.2) is 63.8 Å². The number of nitrogens with zero attached hydrogens (tertiary/aromatic N) is 2. The largest absolute Gasteiger partial charge is 0.480 e. The van der Waals surface area contributed by atoms with Gasteiger partial charge in [-0.2, -0.15) is 0 Å². The Morgan fingerprint density at radius 1 is 1.37 bits per heavy atom. The van der Waals surface area contributed by atoms with E-state index in [2.05, 4.69) is 0 Å². The van der Waals surface area contributed by atoms with Crippen LogP contribution in [0.4, 0.5) is 4.79 Å². The Balaban J connectivity index is 2.83. The summed E-state index contributed by atoms with van der Waals surface area (Å²) in [6, 6.07) is -0.926. The zero-order chi connectivity index (χ0) is 14.4. The van der Waals surface area contributed by atoms with Crippen molar-refractivity contribution in [1.29, 1.82) is 0 Å². The molecule has 1 aliphatic rings. The Labute approximate surface area is 114 Å². The van der Waals surface area contributed by atoms with Gasteiger partial charge in [-0.05, 0) is 25.7 Å². The van der Waals surface area contributed by atoms with Gasteiger partial charge in [-0.3, -0.25) is 0 Å². The smallest absolute Gasteiger partial charge is 0.326 e. The van der Waals surface area contributed by atoms with Crippen LogP contribution < -0.4 is 0 Å². The third-order valence-electron chi connectivity index (χ3n) is 3.75. The highest BCUT2D eigenvalue weighted by molar-refractivity contribution is 5.83. The molecule has 1 atom stereocenters. The van der Waals surface area contributed by atoms with Gasteiger partial charge in [0.1, 0.15) is 6.04 Å². The highest BCUT2D eigenvalue weighted by Gasteiger charge is 2.37. The molecule has 2 amide bonds. The Morgan fingerprint density at radius 2 is 2.00 bits per heavy atom. The average molecular weight is 272 g/mol. The lowest BCUT2D eigenvalue weighted by atomic mass is 10.1. The fraction of sp³-hybridized carbons (Fsp3) is 0.846. The zero-order valence-corrected chi connectivity index (χ0v) is 11.7. The molecule has 0 radical (unpaired) electrons. The molecule has 0 saturated carbocycles. The lowest BCUT2D eigenvalue weighted by molar-refractivity contribution is -0.141. The van der Waals surface area contributed by atoms with Crippen molar-refractivity contribution in [2.45, 2.75) is 51.6 Å². The Morgan fingerprint density at radius 3 is 2.47 bits per heavy atom. The van der Waals surface area contributed by atoms with Crippen LogP contribution in [0, 0.1) is 0 Å². The predicted molar refractivity (Wildman–Crippen MR) is 70.9 cm³/mol. The second-order valence-electron chi connectivity index (χ2n) is 4.86. The summed E-state index contributed by atoms with van der Waals surface area (Å²) in [7, 11) is 0. The molecule has 0 bridgehead atoms. The van der Waals surface area contributed by atoms with E-state index in [0.717, 1.165) is 19.3 Å². The number of carboxylic acid groups (broad SMARTS) is 1. The van der Waals surface area contributed by atoms with Gasteiger partial charge in [0.2, 0.25) is 0 Å². The molecule has 0 aromatic heterocycles. The minimum Gasteiger partial charge on any atom is -0.480 e. The van der Waals surface area contributed by atoms with E-state index in [4.69, 9.17) is 10.2 Å². The zero-order valence-electron chi connectivity index (χ0n) is 11.7. The van der Waals surface area contributed by atoms with Crippen molar-refractivity contribution in [3.63, 3.8) is 0 Å². The van der Waals surface area contributed by atoms with Gasteiger partial charge >= 0.3 is 12.0 Å². The predicted octanol–water partition coefficient (Wildman–Crippen LogP) is 1.14. The fourth-order valence-electron chi connectivity index (χ4n) is 2.69. The van der Waals surface area contributed by atoms with Crippen LogP contribution in [-0.2, 0) is 4.79 Å². The maximum absolute atomic E-state index is 12.5. The SMILES string of the molecule is CCC(CC)N(CCO)C(=O)N1CCC[C@@H]1C(=O)O. The number of carboxylic acids is 1. The van der Waals surface area contributed by atoms with Gasteiger partial charge in [-0.15, -0.1) is 0 Å². The molecule has 1 heterocycles. The monoisotopic (exact) mass is 272 g/mol. The number of likely N-dealkylation sites (tertiary alicyclic amines) is 1. The van der Waals surface area contributed by atoms with Gasteiger partial charge in [-0.25, -0.2) is 9.59 Å². The number of urea groups is 1. The van der Waals surface area contributed by atoms with Crippen LogP contribution in [0.2, 0.25) is 0 Å². The van der Waals surface area contributed by atoms with Crippen molar-refractivity contribution in [2.24, 2.45) is 0 Å². The number of aliphatic hydroxyl groups is 1. The highest BCUT2D eigenvalue weighted by atomic mass is 16.4. The van der Waals surface area contributed by atoms with E-state index >= 15 is 0 Å². The number of hydrogen-bond donors (Lipinski definition) is 2. The van der Waals surface area contributed by atoms with E-state index in [9.17, 15) is 9.59 Å². The van der Waals surface area contributed by atoms with Crippen LogP contribution in [0.15, 0.2) is 0 Å². The first-order valence-corrected chi connectivity index (χ1v) is 6.97. The molecule has 2 N–H and O–H groups in total. The first-order valence-electron chi connectivity index (χ1n) is 6.97. The van der Waals surface area contributed by atoms with E-state index in [1.54, 1.807) is 4.90 Å². The molecular formula is C13H24N2O4. The molecule has 19 heavy (non-hydrogen) atoms. The normalized spacial score (nSPS) is 18.9. The third kappa shape index (κ3) is 3.59. The summed E-state index contributed by atoms with van der Waals surface area (Å²) in [5.41, 5.74) is 0. The van der Waals surface area contributed by atoms with Gasteiger partial charge < -0.3 is 20.0 Å². The number of aliphatic hydroxyl groups excluding tert-OH is 1. The van der Waals surface area contributed by atoms with Crippen LogP contribution >= 0.6 is 0 Å². The summed E-state index contributed by atoms with van der Waals surface area (Å²) in [5.74, 6) is -0.945. The third-order valence-corrected chi connectivity index (χ3v) is 3.75. The van der Waals surface area contributed by atoms with Crippen LogP contribution in [0.5, 0.6) is 0 Å². The molecule has 1 fully saturated rings. The first-order chi connectivity index (χ1) is 9.06. The van der Waals surface area contributed by atoms with Gasteiger partial charge in [0, 0.05) is 19.1 Å². The van der Waals surface area contributed by atoms with E-state index in [0.29, 0.717) is 13.0 Å². The fourth-order valence-corrected chi connectivity index (χ4v) is 2.69. The summed E-state index contributed by atoms with van der Waals surface area (Å²) >= 11 is 0. The summed E-state index contributed by atoms with van der Waals surface area (Å²) in [4.78, 5) is 26.7. The summed E-state index contributed by atoms with van der Waals surface area (Å²) in [5, 5.41) is 18.3. The van der Waals surface area contributed by atoms with Crippen molar-refractivity contribution >= 4 is 12.0 Å². The highest BCUT2D eigenvalue weighted by Crippen LogP contribution is 2.21. The van der Waals surface area contributed by atoms with Crippen molar-refractivity contribution in [2.75, 3.05) is 19.7 Å². The maximum atomic E-state index is 12.5. The van der Waals surface area contributed by atoms with Crippen molar-refractivity contribution in [3.05, 3.63) is 0 Å². The second kappa shape index (κ2) is 7.33. The van der Waals surface area contributed by atoms with E-state index < -0.39 is 12.0 Å². The van der Waals surface area contributed by atoms with Crippen molar-refractivity contribution < 1.29 is 19.8 Å². The van der Waals surface area contributed by atoms with Crippen molar-refractivity contribution in [1.82, 2.24) is 9.80 Å². The first kappa shape index (κ1) is 15.8. The molecule has 1 aliphatic heterocycles. The van der Waals surface area contributed by atoms with E-state index in [-0.39, 0.29) is 25.2 Å². The standard InChI is InChI=1S/C13H24N2O4/c1-3-10(4-2)14(8-9-16)13(19)15-7-5-6-11(15)12(17)18/h10-11,16H,3-9H2,1-2H3,(H,17,18)/t11-/m1/s1. The Kier molecular flexibility index (Phi) is 6.08. The lowest BCUT2D eigenvalue weighted by Gasteiger charge is -2.35. The maximum Gasteiger partial charge on any atom is 0.326 e. The topological polar surface area (TPSA) is 81.1 Å². The molecular weight excluding hydrogens is 248 g/mol. The van der Waals surface area contributed by atoms with Gasteiger partial charge in [0.05, 0.1) is 6.61 Å². The van der Waals surface area contributed by atoms with Gasteiger partial charge in [0.25, 0.3) is 0 Å². The molecule has 0 aromatic carbocycles. The molecule has 0 spiro atoms. The minimum absolute atomic E-state index is 0.0506. The molecule has 110 valence electrons. The number of amides is 2. The number of rotatable bonds is 6. The van der Waals surface area contributed by atoms with E-state index in [1.807, 2.05) is 13.8 Å². The lowest BCUT2D eigenvalue weighted by Crippen LogP contribution is -2.52. The molecule has 0 unspecified atom stereocenters. The van der Waals surface area contributed by atoms with Crippen molar-refractivity contribution in [3.8, 4) is 0 Å². The van der Waals surface area contributed by atoms with Crippen LogP contribution in [0.25, 0.3) is 0 Å². The average Bonchev–Trinajstić information content (AvgIpc) is 2.87. The second-order valence-corrected chi connectivity index (χ2v) is 4.86. The van der Waals surface area contributed by atoms with Crippen LogP contribution in [0.1, 0.15) is 39.5 Å². The molecule has 1 saturated heterocycles. The summed E-state index contributed by atoms with van der Waals surface area (Å²) in [6.07, 6.45) is 2.83. The molecule has 1 rings (SSSR count). The summed E-state index contributed by atoms with van der Waals surface area (Å²) < 4.78 is 0. The number of carbonyl (C=O) groups is 2. The van der Waals surface area contributed by atoms with Gasteiger partial charge in [-0.1, -0.05) is 13.8 Å². The molecule has 6 heteroatoms. The number of carbonyl (C=O) groups excluding carboxylic acids is 1. The quantitative estimate of drug-likeness (QED) is 0.759. The van der Waals surface area contributed by atoms with Gasteiger partial charge in [0.15, 0.2) is 0 Å². The molecule has 6 nitrogen and oxygen atoms in total. The minimum atomic E-state index is -0.945. The Bertz CT molecular complexity index is 318. The summed E-state index contributed by atoms with van der Waals surface area (Å²) in [6.45, 7) is 4.62. The number of aliphatic carboxylic acids is 1.